The molecule has 0 radical (unpaired) electrons. The van der Waals surface area contributed by atoms with Gasteiger partial charge in [0.05, 0.1) is 21.8 Å². The monoisotopic (exact) mass is 617 g/mol. The maximum atomic E-state index is 16.1. The number of anilines is 2. The molecule has 12 heteroatoms. The summed E-state index contributed by atoms with van der Waals surface area (Å²) in [4.78, 5) is 27.9. The minimum atomic E-state index is -0.582. The molecule has 44 heavy (non-hydrogen) atoms. The van der Waals surface area contributed by atoms with E-state index in [1.165, 1.54) is 24.3 Å². The number of nitriles is 1. The number of carbonyl (C=O) groups is 1. The quantitative estimate of drug-likeness (QED) is 0.277. The molecule has 9 nitrogen and oxygen atoms in total. The lowest BCUT2D eigenvalue weighted by Crippen LogP contribution is -2.43. The maximum Gasteiger partial charge on any atom is 0.319 e. The molecule has 2 aromatic heterocycles. The van der Waals surface area contributed by atoms with Gasteiger partial charge in [-0.1, -0.05) is 12.6 Å². The average molecular weight is 618 g/mol. The lowest BCUT2D eigenvalue weighted by Gasteiger charge is -2.32. The number of thiophene rings is 1. The number of hydrogen-bond donors (Lipinski definition) is 1. The van der Waals surface area contributed by atoms with Crippen LogP contribution in [0.4, 0.5) is 19.6 Å². The molecule has 0 spiro atoms. The highest BCUT2D eigenvalue weighted by atomic mass is 32.1. The Morgan fingerprint density at radius 1 is 1.25 bits per heavy atom. The molecule has 2 aromatic carbocycles. The van der Waals surface area contributed by atoms with E-state index in [2.05, 4.69) is 18.5 Å². The summed E-state index contributed by atoms with van der Waals surface area (Å²) in [6.07, 6.45) is 4.09. The van der Waals surface area contributed by atoms with Crippen molar-refractivity contribution >= 4 is 49.1 Å². The van der Waals surface area contributed by atoms with E-state index >= 15 is 4.39 Å². The average Bonchev–Trinajstić information content (AvgIpc) is 3.71. The van der Waals surface area contributed by atoms with E-state index in [0.29, 0.717) is 41.9 Å². The molecular weight excluding hydrogens is 584 g/mol. The van der Waals surface area contributed by atoms with Crippen LogP contribution in [0.2, 0.25) is 0 Å². The number of ether oxygens (including phenoxy) is 1. The number of halogens is 2. The largest absolute Gasteiger partial charge is 0.462 e. The van der Waals surface area contributed by atoms with Crippen LogP contribution in [-0.2, 0) is 4.79 Å². The van der Waals surface area contributed by atoms with Gasteiger partial charge in [-0.25, -0.2) is 8.78 Å². The summed E-state index contributed by atoms with van der Waals surface area (Å²) in [6, 6.07) is 7.86. The molecule has 0 aliphatic carbocycles. The zero-order valence-electron chi connectivity index (χ0n) is 24.8. The highest BCUT2D eigenvalue weighted by Gasteiger charge is 2.37. The topological polar surface area (TPSA) is 112 Å². The van der Waals surface area contributed by atoms with Gasteiger partial charge in [0.1, 0.15) is 35.1 Å². The smallest absolute Gasteiger partial charge is 0.319 e. The fourth-order valence-corrected chi connectivity index (χ4v) is 7.51. The molecule has 0 bridgehead atoms. The molecule has 2 N–H and O–H groups in total. The second-order valence-electron chi connectivity index (χ2n) is 11.5. The second kappa shape index (κ2) is 11.6. The Balaban J connectivity index is 1.48. The third-order valence-electron chi connectivity index (χ3n) is 9.04. The van der Waals surface area contributed by atoms with Crippen molar-refractivity contribution in [2.45, 2.75) is 44.3 Å². The third-order valence-corrected chi connectivity index (χ3v) is 10.1. The molecule has 4 heterocycles. The zero-order chi connectivity index (χ0) is 31.3. The normalized spacial score (nSPS) is 20.4. The summed E-state index contributed by atoms with van der Waals surface area (Å²) in [5, 5.41) is 10.7. The molecule has 0 saturated carbocycles. The highest BCUT2D eigenvalue weighted by molar-refractivity contribution is 7.23. The summed E-state index contributed by atoms with van der Waals surface area (Å²) < 4.78 is 37.2. The number of rotatable bonds is 7. The minimum absolute atomic E-state index is 0.0998. The number of likely N-dealkylation sites (N-methyl/N-ethyl adjacent to an activating group) is 2. The standard InChI is InChI=1S/C32H33F2N7O2S/c1-5-27(42)41-12-10-26(17(41)2)40(4)31-21-13-24(34)20(19-8-9-23(33)29-28(19)22(15-35)30(36)44-29)14-25(21)37-32(38-31)43-16-18-7-6-11-39(18)3/h5,8-9,13-14,17-18,26H,1,6-7,10-12,16,36H2,2-4H3. The van der Waals surface area contributed by atoms with Gasteiger partial charge in [0.25, 0.3) is 0 Å². The van der Waals surface area contributed by atoms with Crippen molar-refractivity contribution in [1.29, 1.82) is 5.26 Å². The van der Waals surface area contributed by atoms with E-state index in [1.807, 2.05) is 24.9 Å². The van der Waals surface area contributed by atoms with Gasteiger partial charge < -0.3 is 25.2 Å². The lowest BCUT2D eigenvalue weighted by molar-refractivity contribution is -0.126. The third kappa shape index (κ3) is 5.00. The van der Waals surface area contributed by atoms with Crippen molar-refractivity contribution < 1.29 is 18.3 Å². The molecule has 3 atom stereocenters. The first-order valence-electron chi connectivity index (χ1n) is 14.5. The van der Waals surface area contributed by atoms with Gasteiger partial charge in [0.15, 0.2) is 0 Å². The van der Waals surface area contributed by atoms with E-state index in [0.717, 1.165) is 30.7 Å². The second-order valence-corrected chi connectivity index (χ2v) is 12.5. The number of aromatic nitrogens is 2. The number of amides is 1. The van der Waals surface area contributed by atoms with Crippen molar-refractivity contribution in [1.82, 2.24) is 19.8 Å². The molecule has 228 valence electrons. The first-order chi connectivity index (χ1) is 21.1. The molecule has 3 unspecified atom stereocenters. The first-order valence-corrected chi connectivity index (χ1v) is 15.4. The van der Waals surface area contributed by atoms with Gasteiger partial charge in [-0.15, -0.1) is 11.3 Å². The Labute approximate surface area is 258 Å². The Kier molecular flexibility index (Phi) is 7.86. The molecular formula is C32H33F2N7O2S. The van der Waals surface area contributed by atoms with Crippen molar-refractivity contribution in [3.8, 4) is 23.2 Å². The van der Waals surface area contributed by atoms with E-state index in [1.54, 1.807) is 11.0 Å². The molecule has 4 aromatic rings. The Bertz CT molecular complexity index is 1840. The highest BCUT2D eigenvalue weighted by Crippen LogP contribution is 2.43. The van der Waals surface area contributed by atoms with Crippen molar-refractivity contribution in [2.75, 3.05) is 44.4 Å². The summed E-state index contributed by atoms with van der Waals surface area (Å²) in [5.74, 6) is -0.780. The van der Waals surface area contributed by atoms with Gasteiger partial charge >= 0.3 is 6.01 Å². The van der Waals surface area contributed by atoms with Crippen molar-refractivity contribution in [2.24, 2.45) is 0 Å². The van der Waals surface area contributed by atoms with Crippen LogP contribution in [0.1, 0.15) is 31.7 Å². The van der Waals surface area contributed by atoms with Crippen LogP contribution in [0, 0.1) is 23.0 Å². The summed E-state index contributed by atoms with van der Waals surface area (Å²) in [7, 11) is 3.94. The molecule has 2 aliphatic rings. The van der Waals surface area contributed by atoms with Gasteiger partial charge in [-0.05, 0) is 69.6 Å². The van der Waals surface area contributed by atoms with E-state index < -0.39 is 11.6 Å². The van der Waals surface area contributed by atoms with Gasteiger partial charge in [-0.2, -0.15) is 15.2 Å². The summed E-state index contributed by atoms with van der Waals surface area (Å²) in [5.41, 5.74) is 7.08. The fourth-order valence-electron chi connectivity index (χ4n) is 6.56. The number of fused-ring (bicyclic) bond motifs is 2. The molecule has 6 rings (SSSR count). The Hall–Kier alpha value is -4.34. The zero-order valence-corrected chi connectivity index (χ0v) is 25.6. The SMILES string of the molecule is C=CC(=O)N1CCC(N(C)c2nc(OCC3CCCN3C)nc3cc(-c4ccc(F)c5sc(N)c(C#N)c45)c(F)cc23)C1C. The number of nitrogens with two attached hydrogens (primary N) is 1. The molecule has 2 saturated heterocycles. The van der Waals surface area contributed by atoms with Crippen molar-refractivity contribution in [3.05, 3.63) is 54.1 Å². The Morgan fingerprint density at radius 3 is 2.75 bits per heavy atom. The van der Waals surface area contributed by atoms with Crippen LogP contribution in [0.15, 0.2) is 36.9 Å². The van der Waals surface area contributed by atoms with Crippen molar-refractivity contribution in [3.63, 3.8) is 0 Å². The Morgan fingerprint density at radius 2 is 2.05 bits per heavy atom. The van der Waals surface area contributed by atoms with Crippen LogP contribution in [-0.4, -0.2) is 77.6 Å². The van der Waals surface area contributed by atoms with Gasteiger partial charge in [0.2, 0.25) is 5.91 Å². The van der Waals surface area contributed by atoms with Crippen LogP contribution in [0.25, 0.3) is 32.1 Å². The molecule has 1 amide bonds. The maximum absolute atomic E-state index is 16.1. The van der Waals surface area contributed by atoms with E-state index in [9.17, 15) is 14.4 Å². The van der Waals surface area contributed by atoms with Crippen LogP contribution in [0.3, 0.4) is 0 Å². The first kappa shape index (κ1) is 29.7. The van der Waals surface area contributed by atoms with Crippen LogP contribution >= 0.6 is 11.3 Å². The minimum Gasteiger partial charge on any atom is -0.462 e. The van der Waals surface area contributed by atoms with E-state index in [-0.39, 0.29) is 56.3 Å². The number of nitrogen functional groups attached to an aromatic ring is 1. The number of carbonyl (C=O) groups excluding carboxylic acids is 1. The van der Waals surface area contributed by atoms with Gasteiger partial charge in [0, 0.05) is 42.0 Å². The predicted molar refractivity (Wildman–Crippen MR) is 169 cm³/mol. The number of likely N-dealkylation sites (tertiary alicyclic amines) is 2. The number of benzene rings is 2. The lowest BCUT2D eigenvalue weighted by atomic mass is 9.97. The van der Waals surface area contributed by atoms with Gasteiger partial charge in [-0.3, -0.25) is 4.79 Å². The van der Waals surface area contributed by atoms with E-state index in [4.69, 9.17) is 20.4 Å². The number of nitrogens with zero attached hydrogens (tertiary/aromatic N) is 6. The van der Waals surface area contributed by atoms with Crippen LogP contribution in [0.5, 0.6) is 6.01 Å². The fraction of sp³-hybridized carbons (Fsp3) is 0.375. The molecule has 2 aliphatic heterocycles. The molecule has 2 fully saturated rings. The number of hydrogen-bond acceptors (Lipinski definition) is 9. The summed E-state index contributed by atoms with van der Waals surface area (Å²) in [6.45, 7) is 7.56. The predicted octanol–water partition coefficient (Wildman–Crippen LogP) is 5.33. The summed E-state index contributed by atoms with van der Waals surface area (Å²) >= 11 is 0.961. The van der Waals surface area contributed by atoms with Crippen LogP contribution < -0.4 is 15.4 Å².